The smallest absolute Gasteiger partial charge is 0.273 e. The monoisotopic (exact) mass is 392 g/mol. The van der Waals surface area contributed by atoms with Crippen LogP contribution in [0.3, 0.4) is 0 Å². The Balaban J connectivity index is 1.23. The van der Waals surface area contributed by atoms with E-state index in [0.29, 0.717) is 17.8 Å². The van der Waals surface area contributed by atoms with E-state index in [4.69, 9.17) is 0 Å². The SMILES string of the molecule is O=C(NC1CCCC1)c1cn(C[C@@H]2CCCN2Cc2cccc3[nH]ccc23)nn1. The number of aromatic amines is 1. The lowest BCUT2D eigenvalue weighted by Crippen LogP contribution is -2.33. The van der Waals surface area contributed by atoms with E-state index in [1.54, 1.807) is 6.20 Å². The highest BCUT2D eigenvalue weighted by Gasteiger charge is 2.26. The number of benzene rings is 1. The number of carbonyl (C=O) groups excluding carboxylic acids is 1. The minimum Gasteiger partial charge on any atom is -0.361 e. The lowest BCUT2D eigenvalue weighted by atomic mass is 10.1. The minimum atomic E-state index is -0.0921. The zero-order chi connectivity index (χ0) is 19.6. The molecule has 7 heteroatoms. The van der Waals surface area contributed by atoms with Gasteiger partial charge in [0, 0.05) is 35.7 Å². The van der Waals surface area contributed by atoms with Crippen LogP contribution in [0, 0.1) is 0 Å². The highest BCUT2D eigenvalue weighted by Crippen LogP contribution is 2.25. The van der Waals surface area contributed by atoms with Crippen molar-refractivity contribution in [3.8, 4) is 0 Å². The van der Waals surface area contributed by atoms with Crippen LogP contribution >= 0.6 is 0 Å². The quantitative estimate of drug-likeness (QED) is 0.676. The molecule has 1 aliphatic carbocycles. The number of likely N-dealkylation sites (tertiary alicyclic amines) is 1. The van der Waals surface area contributed by atoms with Gasteiger partial charge in [0.05, 0.1) is 12.7 Å². The van der Waals surface area contributed by atoms with Gasteiger partial charge in [-0.25, -0.2) is 0 Å². The molecule has 152 valence electrons. The van der Waals surface area contributed by atoms with Gasteiger partial charge in [0.1, 0.15) is 0 Å². The summed E-state index contributed by atoms with van der Waals surface area (Å²) in [5.74, 6) is -0.0921. The van der Waals surface area contributed by atoms with E-state index < -0.39 is 0 Å². The molecule has 0 radical (unpaired) electrons. The molecule has 3 aromatic rings. The number of fused-ring (bicyclic) bond motifs is 1. The molecule has 1 aromatic carbocycles. The van der Waals surface area contributed by atoms with Crippen LogP contribution in [0.2, 0.25) is 0 Å². The first kappa shape index (κ1) is 18.4. The number of amides is 1. The van der Waals surface area contributed by atoms with Crippen molar-refractivity contribution in [3.63, 3.8) is 0 Å². The van der Waals surface area contributed by atoms with Crippen molar-refractivity contribution in [2.24, 2.45) is 0 Å². The van der Waals surface area contributed by atoms with Crippen molar-refractivity contribution in [1.29, 1.82) is 0 Å². The Kier molecular flexibility index (Phi) is 5.06. The number of carbonyl (C=O) groups is 1. The molecule has 2 fully saturated rings. The van der Waals surface area contributed by atoms with Gasteiger partial charge < -0.3 is 10.3 Å². The van der Waals surface area contributed by atoms with Gasteiger partial charge in [-0.15, -0.1) is 5.10 Å². The normalized spacial score (nSPS) is 20.6. The van der Waals surface area contributed by atoms with Crippen LogP contribution in [-0.2, 0) is 13.1 Å². The zero-order valence-corrected chi connectivity index (χ0v) is 16.7. The standard InChI is InChI=1S/C22H28N6O/c29-22(24-17-6-1-2-7-17)21-15-28(26-25-21)14-18-8-4-12-27(18)13-16-5-3-9-20-19(16)10-11-23-20/h3,5,9-11,15,17-18,23H,1-2,4,6-8,12-14H2,(H,24,29)/t18-/m0/s1. The van der Waals surface area contributed by atoms with Crippen LogP contribution in [-0.4, -0.2) is 49.4 Å². The van der Waals surface area contributed by atoms with Crippen LogP contribution < -0.4 is 5.32 Å². The molecule has 0 unspecified atom stereocenters. The largest absolute Gasteiger partial charge is 0.361 e. The van der Waals surface area contributed by atoms with Crippen LogP contribution in [0.4, 0.5) is 0 Å². The highest BCUT2D eigenvalue weighted by molar-refractivity contribution is 5.92. The summed E-state index contributed by atoms with van der Waals surface area (Å²) in [7, 11) is 0. The molecule has 0 bridgehead atoms. The molecule has 2 aromatic heterocycles. The third kappa shape index (κ3) is 3.92. The zero-order valence-electron chi connectivity index (χ0n) is 16.7. The minimum absolute atomic E-state index is 0.0921. The van der Waals surface area contributed by atoms with E-state index in [1.165, 1.54) is 35.7 Å². The molecule has 1 atom stereocenters. The summed E-state index contributed by atoms with van der Waals surface area (Å²) in [6, 6.07) is 9.32. The third-order valence-electron chi connectivity index (χ3n) is 6.42. The molecule has 1 amide bonds. The molecular formula is C22H28N6O. The van der Waals surface area contributed by atoms with Crippen LogP contribution in [0.1, 0.15) is 54.6 Å². The number of nitrogens with zero attached hydrogens (tertiary/aromatic N) is 4. The fourth-order valence-electron chi connectivity index (χ4n) is 4.85. The van der Waals surface area contributed by atoms with Crippen LogP contribution in [0.25, 0.3) is 10.9 Å². The fraction of sp³-hybridized carbons (Fsp3) is 0.500. The third-order valence-corrected chi connectivity index (χ3v) is 6.42. The summed E-state index contributed by atoms with van der Waals surface area (Å²) in [4.78, 5) is 18.2. The fourth-order valence-corrected chi connectivity index (χ4v) is 4.85. The summed E-state index contributed by atoms with van der Waals surface area (Å²) >= 11 is 0. The van der Waals surface area contributed by atoms with Crippen LogP contribution in [0.15, 0.2) is 36.7 Å². The van der Waals surface area contributed by atoms with Crippen molar-refractivity contribution in [2.75, 3.05) is 6.54 Å². The summed E-state index contributed by atoms with van der Waals surface area (Å²) < 4.78 is 1.84. The first-order chi connectivity index (χ1) is 14.3. The first-order valence-electron chi connectivity index (χ1n) is 10.8. The van der Waals surface area contributed by atoms with Crippen molar-refractivity contribution in [3.05, 3.63) is 47.9 Å². The number of nitrogens with one attached hydrogen (secondary N) is 2. The molecule has 0 spiro atoms. The Morgan fingerprint density at radius 3 is 2.97 bits per heavy atom. The Morgan fingerprint density at radius 2 is 2.07 bits per heavy atom. The second-order valence-electron chi connectivity index (χ2n) is 8.40. The maximum absolute atomic E-state index is 12.4. The predicted molar refractivity (Wildman–Crippen MR) is 111 cm³/mol. The molecule has 1 saturated heterocycles. The van der Waals surface area contributed by atoms with Gasteiger partial charge in [-0.2, -0.15) is 0 Å². The van der Waals surface area contributed by atoms with E-state index >= 15 is 0 Å². The Morgan fingerprint density at radius 1 is 1.17 bits per heavy atom. The molecule has 1 aliphatic heterocycles. The molecule has 2 aliphatic rings. The topological polar surface area (TPSA) is 78.8 Å². The molecule has 29 heavy (non-hydrogen) atoms. The van der Waals surface area contributed by atoms with E-state index in [2.05, 4.69) is 49.8 Å². The lowest BCUT2D eigenvalue weighted by molar-refractivity contribution is 0.0932. The van der Waals surface area contributed by atoms with E-state index in [-0.39, 0.29) is 5.91 Å². The Hall–Kier alpha value is -2.67. The van der Waals surface area contributed by atoms with Crippen molar-refractivity contribution >= 4 is 16.8 Å². The molecule has 3 heterocycles. The number of hydrogen-bond donors (Lipinski definition) is 2. The highest BCUT2D eigenvalue weighted by atomic mass is 16.2. The van der Waals surface area contributed by atoms with Crippen molar-refractivity contribution in [1.82, 2.24) is 30.2 Å². The Labute approximate surface area is 170 Å². The average molecular weight is 393 g/mol. The summed E-state index contributed by atoms with van der Waals surface area (Å²) in [5, 5.41) is 12.7. The molecule has 5 rings (SSSR count). The number of aromatic nitrogens is 4. The number of rotatable bonds is 6. The summed E-state index contributed by atoms with van der Waals surface area (Å²) in [6.45, 7) is 2.80. The maximum atomic E-state index is 12.4. The molecular weight excluding hydrogens is 364 g/mol. The van der Waals surface area contributed by atoms with Gasteiger partial charge in [-0.1, -0.05) is 30.2 Å². The maximum Gasteiger partial charge on any atom is 0.273 e. The second kappa shape index (κ2) is 7.99. The van der Waals surface area contributed by atoms with E-state index in [9.17, 15) is 4.79 Å². The van der Waals surface area contributed by atoms with Crippen molar-refractivity contribution < 1.29 is 4.79 Å². The van der Waals surface area contributed by atoms with Gasteiger partial charge in [0.25, 0.3) is 5.91 Å². The number of H-pyrrole nitrogens is 1. The second-order valence-corrected chi connectivity index (χ2v) is 8.40. The Bertz CT molecular complexity index is 986. The van der Waals surface area contributed by atoms with Crippen LogP contribution in [0.5, 0.6) is 0 Å². The molecule has 2 N–H and O–H groups in total. The van der Waals surface area contributed by atoms with Gasteiger partial charge in [-0.05, 0) is 49.9 Å². The summed E-state index contributed by atoms with van der Waals surface area (Å²) in [6.07, 6.45) is 10.7. The van der Waals surface area contributed by atoms with Crippen molar-refractivity contribution in [2.45, 2.75) is 63.7 Å². The lowest BCUT2D eigenvalue weighted by Gasteiger charge is -2.24. The first-order valence-corrected chi connectivity index (χ1v) is 10.8. The average Bonchev–Trinajstić information content (AvgIpc) is 3.51. The predicted octanol–water partition coefficient (Wildman–Crippen LogP) is 3.10. The van der Waals surface area contributed by atoms with Gasteiger partial charge in [-0.3, -0.25) is 14.4 Å². The van der Waals surface area contributed by atoms with Gasteiger partial charge >= 0.3 is 0 Å². The summed E-state index contributed by atoms with van der Waals surface area (Å²) in [5.41, 5.74) is 2.97. The van der Waals surface area contributed by atoms with E-state index in [0.717, 1.165) is 38.9 Å². The molecule has 1 saturated carbocycles. The van der Waals surface area contributed by atoms with Gasteiger partial charge in [0.15, 0.2) is 5.69 Å². The molecule has 7 nitrogen and oxygen atoms in total. The van der Waals surface area contributed by atoms with E-state index in [1.807, 2.05) is 10.9 Å². The number of hydrogen-bond acceptors (Lipinski definition) is 4. The van der Waals surface area contributed by atoms with Gasteiger partial charge in [0.2, 0.25) is 0 Å².